The molecule has 0 unspecified atom stereocenters. The van der Waals surface area contributed by atoms with Crippen molar-refractivity contribution in [1.29, 1.82) is 0 Å². The van der Waals surface area contributed by atoms with E-state index in [0.29, 0.717) is 6.42 Å². The van der Waals surface area contributed by atoms with E-state index in [0.717, 1.165) is 18.9 Å². The normalized spacial score (nSPS) is 10.2. The first kappa shape index (κ1) is 10.5. The van der Waals surface area contributed by atoms with Crippen molar-refractivity contribution in [3.05, 3.63) is 0 Å². The molecule has 2 heteroatoms. The summed E-state index contributed by atoms with van der Waals surface area (Å²) in [7, 11) is 0. The Bertz CT molecular complexity index is 115. The number of hydrogen-bond donors (Lipinski definition) is 1. The van der Waals surface area contributed by atoms with E-state index >= 15 is 0 Å². The Morgan fingerprint density at radius 2 is 2.18 bits per heavy atom. The highest BCUT2D eigenvalue weighted by Crippen LogP contribution is 2.01. The molecule has 0 bridgehead atoms. The van der Waals surface area contributed by atoms with E-state index < -0.39 is 0 Å². The van der Waals surface area contributed by atoms with Crippen LogP contribution in [0.3, 0.4) is 0 Å². The van der Waals surface area contributed by atoms with Gasteiger partial charge in [0.1, 0.15) is 0 Å². The van der Waals surface area contributed by atoms with Gasteiger partial charge in [0.15, 0.2) is 0 Å². The van der Waals surface area contributed by atoms with Crippen molar-refractivity contribution in [2.24, 2.45) is 5.92 Å². The number of carbonyl (C=O) groups is 1. The molecule has 0 saturated carbocycles. The van der Waals surface area contributed by atoms with Gasteiger partial charge in [-0.2, -0.15) is 0 Å². The van der Waals surface area contributed by atoms with Gasteiger partial charge in [-0.3, -0.25) is 4.79 Å². The molecule has 0 aromatic heterocycles. The molecular weight excluding hydrogens is 138 g/mol. The predicted octanol–water partition coefficient (Wildman–Crippen LogP) is 2.19. The lowest BCUT2D eigenvalue weighted by Gasteiger charge is -2.04. The first-order valence-electron chi connectivity index (χ1n) is 4.43. The molecule has 0 fully saturated rings. The van der Waals surface area contributed by atoms with Gasteiger partial charge < -0.3 is 5.32 Å². The van der Waals surface area contributed by atoms with Gasteiger partial charge in [-0.05, 0) is 18.8 Å². The number of amides is 1. The Balaban J connectivity index is 0. The summed E-state index contributed by atoms with van der Waals surface area (Å²) in [6.07, 6.45) is 2.90. The average molecular weight is 159 g/mol. The first-order chi connectivity index (χ1) is 5.16. The highest BCUT2D eigenvalue weighted by Gasteiger charge is 1.96. The molecule has 0 aromatic carbocycles. The quantitative estimate of drug-likeness (QED) is 0.612. The fourth-order valence-corrected chi connectivity index (χ4v) is 0.863. The van der Waals surface area contributed by atoms with Crippen LogP contribution in [0.4, 0.5) is 0 Å². The van der Waals surface area contributed by atoms with E-state index in [2.05, 4.69) is 19.2 Å². The topological polar surface area (TPSA) is 29.1 Å². The number of hydrogen-bond acceptors (Lipinski definition) is 1. The van der Waals surface area contributed by atoms with E-state index in [4.69, 9.17) is 0 Å². The molecular formula is C9H21NO. The minimum atomic E-state index is 0. The standard InChI is InChI=1S/C9H19NO.H2/c1-4-9(11)10-7-5-6-8(2)3;/h8H,4-7H2,1-3H3,(H,10,11);1H. The molecule has 0 aromatic rings. The van der Waals surface area contributed by atoms with Crippen LogP contribution in [0.2, 0.25) is 0 Å². The number of nitrogens with one attached hydrogen (secondary N) is 1. The molecule has 0 saturated heterocycles. The summed E-state index contributed by atoms with van der Waals surface area (Å²) in [5.74, 6) is 0.905. The first-order valence-corrected chi connectivity index (χ1v) is 4.43. The van der Waals surface area contributed by atoms with Crippen LogP contribution in [0, 0.1) is 5.92 Å². The molecule has 0 aliphatic rings. The smallest absolute Gasteiger partial charge is 0.219 e. The molecule has 0 atom stereocenters. The lowest BCUT2D eigenvalue weighted by molar-refractivity contribution is -0.120. The summed E-state index contributed by atoms with van der Waals surface area (Å²) in [4.78, 5) is 10.7. The van der Waals surface area contributed by atoms with Crippen molar-refractivity contribution >= 4 is 5.91 Å². The van der Waals surface area contributed by atoms with Gasteiger partial charge in [0.05, 0.1) is 0 Å². The zero-order chi connectivity index (χ0) is 8.69. The van der Waals surface area contributed by atoms with Crippen LogP contribution >= 0.6 is 0 Å². The fourth-order valence-electron chi connectivity index (χ4n) is 0.863. The monoisotopic (exact) mass is 159 g/mol. The van der Waals surface area contributed by atoms with Crippen LogP contribution in [-0.2, 0) is 4.79 Å². The molecule has 0 aliphatic carbocycles. The summed E-state index contributed by atoms with van der Waals surface area (Å²) < 4.78 is 0. The van der Waals surface area contributed by atoms with Crippen molar-refractivity contribution < 1.29 is 6.22 Å². The largest absolute Gasteiger partial charge is 0.356 e. The molecule has 2 nitrogen and oxygen atoms in total. The van der Waals surface area contributed by atoms with Gasteiger partial charge in [-0.25, -0.2) is 0 Å². The third-order valence-corrected chi connectivity index (χ3v) is 1.60. The highest BCUT2D eigenvalue weighted by molar-refractivity contribution is 5.75. The second-order valence-electron chi connectivity index (χ2n) is 3.24. The predicted molar refractivity (Wildman–Crippen MR) is 49.5 cm³/mol. The van der Waals surface area contributed by atoms with Crippen LogP contribution in [0.1, 0.15) is 41.5 Å². The number of rotatable bonds is 5. The lowest BCUT2D eigenvalue weighted by atomic mass is 10.1. The lowest BCUT2D eigenvalue weighted by Crippen LogP contribution is -2.23. The third kappa shape index (κ3) is 7.37. The second kappa shape index (κ2) is 6.20. The van der Waals surface area contributed by atoms with Gasteiger partial charge in [0.25, 0.3) is 0 Å². The second-order valence-corrected chi connectivity index (χ2v) is 3.24. The van der Waals surface area contributed by atoms with Crippen LogP contribution in [0.25, 0.3) is 0 Å². The summed E-state index contributed by atoms with van der Waals surface area (Å²) in [5.41, 5.74) is 0. The molecule has 0 heterocycles. The Kier molecular flexibility index (Phi) is 5.90. The molecule has 0 radical (unpaired) electrons. The summed E-state index contributed by atoms with van der Waals surface area (Å²) in [5, 5.41) is 2.85. The van der Waals surface area contributed by atoms with Crippen LogP contribution < -0.4 is 5.32 Å². The van der Waals surface area contributed by atoms with E-state index in [1.165, 1.54) is 6.42 Å². The third-order valence-electron chi connectivity index (χ3n) is 1.60. The Hall–Kier alpha value is -0.530. The van der Waals surface area contributed by atoms with E-state index in [1.807, 2.05) is 6.92 Å². The Morgan fingerprint density at radius 1 is 1.55 bits per heavy atom. The van der Waals surface area contributed by atoms with Crippen LogP contribution in [-0.4, -0.2) is 12.5 Å². The molecule has 0 aliphatic heterocycles. The minimum absolute atomic E-state index is 0. The molecule has 0 spiro atoms. The fraction of sp³-hybridized carbons (Fsp3) is 0.889. The maximum Gasteiger partial charge on any atom is 0.219 e. The van der Waals surface area contributed by atoms with Crippen molar-refractivity contribution in [1.82, 2.24) is 5.32 Å². The summed E-state index contributed by atoms with van der Waals surface area (Å²) >= 11 is 0. The molecule has 0 rings (SSSR count). The molecule has 1 amide bonds. The van der Waals surface area contributed by atoms with Gasteiger partial charge in [-0.15, -0.1) is 0 Å². The zero-order valence-electron chi connectivity index (χ0n) is 7.81. The van der Waals surface area contributed by atoms with Crippen molar-refractivity contribution in [2.45, 2.75) is 40.0 Å². The maximum atomic E-state index is 10.7. The molecule has 68 valence electrons. The van der Waals surface area contributed by atoms with E-state index in [-0.39, 0.29) is 7.33 Å². The van der Waals surface area contributed by atoms with E-state index in [9.17, 15) is 4.79 Å². The van der Waals surface area contributed by atoms with Crippen molar-refractivity contribution in [3.63, 3.8) is 0 Å². The summed E-state index contributed by atoms with van der Waals surface area (Å²) in [6.45, 7) is 7.10. The highest BCUT2D eigenvalue weighted by atomic mass is 16.1. The zero-order valence-corrected chi connectivity index (χ0v) is 7.81. The molecule has 1 N–H and O–H groups in total. The average Bonchev–Trinajstić information content (AvgIpc) is 1.97. The number of carbonyl (C=O) groups excluding carboxylic acids is 1. The van der Waals surface area contributed by atoms with Gasteiger partial charge >= 0.3 is 0 Å². The van der Waals surface area contributed by atoms with E-state index in [1.54, 1.807) is 0 Å². The van der Waals surface area contributed by atoms with Crippen LogP contribution in [0.15, 0.2) is 0 Å². The van der Waals surface area contributed by atoms with Crippen LogP contribution in [0.5, 0.6) is 0 Å². The van der Waals surface area contributed by atoms with Crippen molar-refractivity contribution in [3.8, 4) is 0 Å². The molecule has 11 heavy (non-hydrogen) atoms. The van der Waals surface area contributed by atoms with Crippen molar-refractivity contribution in [2.75, 3.05) is 6.54 Å². The van der Waals surface area contributed by atoms with Gasteiger partial charge in [0.2, 0.25) is 5.91 Å². The Morgan fingerprint density at radius 3 is 2.64 bits per heavy atom. The maximum absolute atomic E-state index is 10.7. The minimum Gasteiger partial charge on any atom is -0.356 e. The van der Waals surface area contributed by atoms with Gasteiger partial charge in [0, 0.05) is 14.4 Å². The Labute approximate surface area is 70.9 Å². The summed E-state index contributed by atoms with van der Waals surface area (Å²) in [6, 6.07) is 0. The SMILES string of the molecule is CCC(=O)NCCCC(C)C.[HH]. The van der Waals surface area contributed by atoms with Gasteiger partial charge in [-0.1, -0.05) is 20.8 Å².